The summed E-state index contributed by atoms with van der Waals surface area (Å²) >= 11 is 0. The van der Waals surface area contributed by atoms with E-state index in [1.54, 1.807) is 30.2 Å². The molecule has 1 fully saturated rings. The number of methoxy groups -OCH3 is 1. The summed E-state index contributed by atoms with van der Waals surface area (Å²) in [6, 6.07) is 7.11. The van der Waals surface area contributed by atoms with Gasteiger partial charge in [-0.3, -0.25) is 9.78 Å². The van der Waals surface area contributed by atoms with Gasteiger partial charge in [-0.15, -0.1) is 0 Å². The second kappa shape index (κ2) is 9.88. The molecule has 0 radical (unpaired) electrons. The average Bonchev–Trinajstić information content (AvgIpc) is 3.29. The van der Waals surface area contributed by atoms with Crippen molar-refractivity contribution in [3.8, 4) is 0 Å². The first kappa shape index (κ1) is 25.4. The van der Waals surface area contributed by atoms with Gasteiger partial charge in [0, 0.05) is 36.4 Å². The lowest BCUT2D eigenvalue weighted by Gasteiger charge is -2.39. The van der Waals surface area contributed by atoms with E-state index in [0.717, 1.165) is 28.8 Å². The molecule has 4 heterocycles. The summed E-state index contributed by atoms with van der Waals surface area (Å²) in [5.74, 6) is 0.113. The summed E-state index contributed by atoms with van der Waals surface area (Å²) in [4.78, 5) is 24.0. The normalized spacial score (nSPS) is 21.7. The molecule has 2 aliphatic heterocycles. The molecular weight excluding hydrogens is 489 g/mol. The Balaban J connectivity index is 1.52. The lowest BCUT2D eigenvalue weighted by molar-refractivity contribution is -0.137. The number of nitrogen functional groups attached to an aromatic ring is 1. The zero-order chi connectivity index (χ0) is 26.3. The maximum Gasteiger partial charge on any atom is 0.417 e. The van der Waals surface area contributed by atoms with Gasteiger partial charge in [-0.25, -0.2) is 4.98 Å². The number of aromatic nitrogens is 2. The van der Waals surface area contributed by atoms with E-state index in [1.165, 1.54) is 6.07 Å². The Bertz CT molecular complexity index is 1320. The number of carbonyl (C=O) groups is 1. The van der Waals surface area contributed by atoms with E-state index in [4.69, 9.17) is 19.9 Å². The third-order valence-corrected chi connectivity index (χ3v) is 7.01. The van der Waals surface area contributed by atoms with E-state index < -0.39 is 17.8 Å². The first-order chi connectivity index (χ1) is 17.7. The molecule has 8 nitrogen and oxygen atoms in total. The van der Waals surface area contributed by atoms with Crippen molar-refractivity contribution in [3.05, 3.63) is 64.5 Å². The fraction of sp³-hybridized carbons (Fsp3) is 0.423. The van der Waals surface area contributed by atoms with Gasteiger partial charge < -0.3 is 24.8 Å². The number of hydrogen-bond donors (Lipinski definition) is 1. The molecule has 3 aromatic rings. The Labute approximate surface area is 211 Å². The highest BCUT2D eigenvalue weighted by Crippen LogP contribution is 2.38. The third kappa shape index (κ3) is 4.86. The van der Waals surface area contributed by atoms with Crippen LogP contribution in [0.2, 0.25) is 0 Å². The van der Waals surface area contributed by atoms with Gasteiger partial charge >= 0.3 is 6.18 Å². The molecule has 5 rings (SSSR count). The molecule has 37 heavy (non-hydrogen) atoms. The number of halogens is 3. The smallest absolute Gasteiger partial charge is 0.383 e. The van der Waals surface area contributed by atoms with Gasteiger partial charge in [0.15, 0.2) is 0 Å². The number of anilines is 1. The van der Waals surface area contributed by atoms with Crippen molar-refractivity contribution in [2.24, 2.45) is 0 Å². The average molecular weight is 517 g/mol. The standard InChI is InChI=1S/C26H27F3N4O4/c1-14-23-19(12-37-14)18-9-15(3-6-20(18)32-24(23)30)25(34)33(21-7-8-36-13-22(21)35-2)11-17-5-4-16(10-31-17)26(27,28)29/h3-6,9-10,14,21-22H,7-8,11-13H2,1-2H3,(H2,30,32)/t14?,21-,22-/m0/s1. The first-order valence-electron chi connectivity index (χ1n) is 11.9. The SMILES string of the molecule is CO[C@H]1COCC[C@@H]1N(Cc1ccc(C(F)(F)F)cn1)C(=O)c1ccc2nc(N)c3c(c2c1)COC3C. The minimum Gasteiger partial charge on any atom is -0.383 e. The van der Waals surface area contributed by atoms with Gasteiger partial charge in [-0.2, -0.15) is 13.2 Å². The number of fused-ring (bicyclic) bond motifs is 3. The zero-order valence-corrected chi connectivity index (χ0v) is 20.4. The number of carbonyl (C=O) groups excluding carboxylic acids is 1. The lowest BCUT2D eigenvalue weighted by atomic mass is 9.98. The highest BCUT2D eigenvalue weighted by atomic mass is 19.4. The topological polar surface area (TPSA) is 99.8 Å². The molecule has 0 saturated carbocycles. The van der Waals surface area contributed by atoms with E-state index >= 15 is 0 Å². The minimum absolute atomic E-state index is 0.0117. The van der Waals surface area contributed by atoms with Crippen LogP contribution >= 0.6 is 0 Å². The number of ether oxygens (including phenoxy) is 3. The number of pyridine rings is 2. The predicted octanol–water partition coefficient (Wildman–Crippen LogP) is 4.27. The second-order valence-corrected chi connectivity index (χ2v) is 9.25. The second-order valence-electron chi connectivity index (χ2n) is 9.25. The summed E-state index contributed by atoms with van der Waals surface area (Å²) in [5.41, 5.74) is 8.44. The van der Waals surface area contributed by atoms with Crippen LogP contribution in [-0.2, 0) is 33.5 Å². The van der Waals surface area contributed by atoms with Crippen LogP contribution in [0.5, 0.6) is 0 Å². The maximum absolute atomic E-state index is 14.0. The lowest BCUT2D eigenvalue weighted by Crippen LogP contribution is -2.52. The Morgan fingerprint density at radius 3 is 2.78 bits per heavy atom. The quantitative estimate of drug-likeness (QED) is 0.541. The van der Waals surface area contributed by atoms with Crippen molar-refractivity contribution in [2.75, 3.05) is 26.1 Å². The number of benzene rings is 1. The molecule has 11 heteroatoms. The first-order valence-corrected chi connectivity index (χ1v) is 11.9. The molecule has 0 aliphatic carbocycles. The van der Waals surface area contributed by atoms with E-state index in [1.807, 2.05) is 6.92 Å². The van der Waals surface area contributed by atoms with Gasteiger partial charge in [-0.1, -0.05) is 0 Å². The molecule has 0 spiro atoms. The van der Waals surface area contributed by atoms with Crippen LogP contribution in [0.3, 0.4) is 0 Å². The molecule has 196 valence electrons. The molecular formula is C26H27F3N4O4. The zero-order valence-electron chi connectivity index (χ0n) is 20.4. The van der Waals surface area contributed by atoms with Crippen molar-refractivity contribution in [2.45, 2.75) is 50.9 Å². The molecule has 1 unspecified atom stereocenters. The molecule has 3 atom stereocenters. The summed E-state index contributed by atoms with van der Waals surface area (Å²) in [6.45, 7) is 3.01. The summed E-state index contributed by atoms with van der Waals surface area (Å²) < 4.78 is 56.0. The number of amides is 1. The van der Waals surface area contributed by atoms with Crippen LogP contribution in [0, 0.1) is 0 Å². The van der Waals surface area contributed by atoms with E-state index in [9.17, 15) is 18.0 Å². The fourth-order valence-corrected chi connectivity index (χ4v) is 5.05. The number of alkyl halides is 3. The van der Waals surface area contributed by atoms with E-state index in [0.29, 0.717) is 48.8 Å². The molecule has 2 aliphatic rings. The van der Waals surface area contributed by atoms with Crippen LogP contribution in [0.15, 0.2) is 36.5 Å². The highest BCUT2D eigenvalue weighted by molar-refractivity contribution is 5.99. The van der Waals surface area contributed by atoms with Crippen LogP contribution in [0.4, 0.5) is 19.0 Å². The number of hydrogen-bond acceptors (Lipinski definition) is 7. The molecule has 1 amide bonds. The fourth-order valence-electron chi connectivity index (χ4n) is 5.05. The van der Waals surface area contributed by atoms with Crippen molar-refractivity contribution >= 4 is 22.6 Å². The number of rotatable bonds is 5. The van der Waals surface area contributed by atoms with Gasteiger partial charge in [0.1, 0.15) is 11.9 Å². The highest BCUT2D eigenvalue weighted by Gasteiger charge is 2.36. The third-order valence-electron chi connectivity index (χ3n) is 7.01. The molecule has 1 aromatic carbocycles. The predicted molar refractivity (Wildman–Crippen MR) is 128 cm³/mol. The van der Waals surface area contributed by atoms with Gasteiger partial charge in [0.2, 0.25) is 0 Å². The Morgan fingerprint density at radius 2 is 2.08 bits per heavy atom. The molecule has 2 aromatic heterocycles. The van der Waals surface area contributed by atoms with Crippen LogP contribution in [0.25, 0.3) is 10.9 Å². The monoisotopic (exact) mass is 516 g/mol. The van der Waals surface area contributed by atoms with Crippen molar-refractivity contribution in [3.63, 3.8) is 0 Å². The van der Waals surface area contributed by atoms with E-state index in [-0.39, 0.29) is 24.6 Å². The van der Waals surface area contributed by atoms with Crippen LogP contribution < -0.4 is 5.73 Å². The molecule has 1 saturated heterocycles. The van der Waals surface area contributed by atoms with Gasteiger partial charge in [0.25, 0.3) is 5.91 Å². The largest absolute Gasteiger partial charge is 0.417 e. The van der Waals surface area contributed by atoms with Gasteiger partial charge in [0.05, 0.1) is 48.7 Å². The summed E-state index contributed by atoms with van der Waals surface area (Å²) in [6.07, 6.45) is -3.79. The minimum atomic E-state index is -4.49. The summed E-state index contributed by atoms with van der Waals surface area (Å²) in [5, 5.41) is 0.780. The maximum atomic E-state index is 14.0. The molecule has 2 N–H and O–H groups in total. The number of nitrogens with two attached hydrogens (primary N) is 1. The van der Waals surface area contributed by atoms with Crippen molar-refractivity contribution < 1.29 is 32.2 Å². The Morgan fingerprint density at radius 1 is 1.27 bits per heavy atom. The Hall–Kier alpha value is -3.28. The van der Waals surface area contributed by atoms with Gasteiger partial charge in [-0.05, 0) is 49.2 Å². The van der Waals surface area contributed by atoms with Crippen LogP contribution in [-0.4, -0.2) is 53.2 Å². The Kier molecular flexibility index (Phi) is 6.78. The molecule has 0 bridgehead atoms. The van der Waals surface area contributed by atoms with Crippen molar-refractivity contribution in [1.29, 1.82) is 0 Å². The number of nitrogens with zero attached hydrogens (tertiary/aromatic N) is 3. The summed E-state index contributed by atoms with van der Waals surface area (Å²) in [7, 11) is 1.54. The van der Waals surface area contributed by atoms with Crippen molar-refractivity contribution in [1.82, 2.24) is 14.9 Å². The van der Waals surface area contributed by atoms with E-state index in [2.05, 4.69) is 9.97 Å². The van der Waals surface area contributed by atoms with Crippen LogP contribution in [0.1, 0.15) is 52.2 Å².